The molecule has 1 heterocycles. The van der Waals surface area contributed by atoms with Crippen molar-refractivity contribution in [2.75, 3.05) is 7.11 Å². The van der Waals surface area contributed by atoms with Gasteiger partial charge in [-0.25, -0.2) is 4.98 Å². The third kappa shape index (κ3) is 2.79. The van der Waals surface area contributed by atoms with E-state index in [-0.39, 0.29) is 0 Å². The zero-order chi connectivity index (χ0) is 13.2. The minimum atomic E-state index is 0.705. The quantitative estimate of drug-likeness (QED) is 0.865. The second-order valence-corrected chi connectivity index (χ2v) is 5.08. The molecule has 2 aromatic rings. The van der Waals surface area contributed by atoms with E-state index < -0.39 is 0 Å². The molecule has 1 aromatic heterocycles. The van der Waals surface area contributed by atoms with Gasteiger partial charge < -0.3 is 15.0 Å². The van der Waals surface area contributed by atoms with Crippen molar-refractivity contribution in [3.63, 3.8) is 0 Å². The summed E-state index contributed by atoms with van der Waals surface area (Å²) in [5.41, 5.74) is 3.33. The zero-order valence-electron chi connectivity index (χ0n) is 11.4. The maximum absolute atomic E-state index is 5.28. The van der Waals surface area contributed by atoms with Gasteiger partial charge in [-0.15, -0.1) is 0 Å². The Balaban J connectivity index is 1.75. The van der Waals surface area contributed by atoms with E-state index in [9.17, 15) is 0 Å². The summed E-state index contributed by atoms with van der Waals surface area (Å²) in [4.78, 5) is 7.78. The minimum absolute atomic E-state index is 0.705. The number of H-pyrrole nitrogens is 1. The van der Waals surface area contributed by atoms with E-state index >= 15 is 0 Å². The summed E-state index contributed by atoms with van der Waals surface area (Å²) in [6.07, 6.45) is 4.49. The third-order valence-electron chi connectivity index (χ3n) is 3.47. The highest BCUT2D eigenvalue weighted by atomic mass is 16.5. The van der Waals surface area contributed by atoms with Crippen molar-refractivity contribution in [1.29, 1.82) is 0 Å². The van der Waals surface area contributed by atoms with E-state index in [1.807, 2.05) is 19.2 Å². The van der Waals surface area contributed by atoms with Gasteiger partial charge in [0.2, 0.25) is 0 Å². The average Bonchev–Trinajstić information content (AvgIpc) is 3.13. The van der Waals surface area contributed by atoms with E-state index in [0.717, 1.165) is 34.9 Å². The van der Waals surface area contributed by atoms with Crippen molar-refractivity contribution < 1.29 is 4.74 Å². The van der Waals surface area contributed by atoms with Crippen molar-refractivity contribution in [2.24, 2.45) is 0 Å². The second kappa shape index (κ2) is 5.05. The summed E-state index contributed by atoms with van der Waals surface area (Å²) in [6, 6.07) is 6.87. The van der Waals surface area contributed by atoms with Gasteiger partial charge >= 0.3 is 0 Å². The number of imidazole rings is 1. The molecule has 0 spiro atoms. The van der Waals surface area contributed by atoms with Gasteiger partial charge in [-0.3, -0.25) is 0 Å². The molecule has 1 aliphatic carbocycles. The van der Waals surface area contributed by atoms with E-state index in [1.54, 1.807) is 7.11 Å². The monoisotopic (exact) mass is 257 g/mol. The second-order valence-electron chi connectivity index (χ2n) is 5.08. The average molecular weight is 257 g/mol. The molecule has 0 amide bonds. The van der Waals surface area contributed by atoms with Crippen molar-refractivity contribution in [3.05, 3.63) is 35.8 Å². The topological polar surface area (TPSA) is 49.9 Å². The molecule has 0 unspecified atom stereocenters. The molecule has 2 N–H and O–H groups in total. The van der Waals surface area contributed by atoms with E-state index in [2.05, 4.69) is 27.4 Å². The predicted octanol–water partition coefficient (Wildman–Crippen LogP) is 2.65. The van der Waals surface area contributed by atoms with Crippen LogP contribution in [0.3, 0.4) is 0 Å². The number of nitrogens with one attached hydrogen (secondary N) is 2. The Bertz CT molecular complexity index is 573. The van der Waals surface area contributed by atoms with Crippen LogP contribution in [-0.4, -0.2) is 23.1 Å². The molecule has 1 fully saturated rings. The molecule has 4 nitrogen and oxygen atoms in total. The van der Waals surface area contributed by atoms with Gasteiger partial charge in [0.15, 0.2) is 0 Å². The first-order valence-corrected chi connectivity index (χ1v) is 6.68. The summed E-state index contributed by atoms with van der Waals surface area (Å²) in [5.74, 6) is 1.91. The highest BCUT2D eigenvalue weighted by Crippen LogP contribution is 2.25. The van der Waals surface area contributed by atoms with Gasteiger partial charge in [-0.2, -0.15) is 0 Å². The fourth-order valence-electron chi connectivity index (χ4n) is 2.17. The van der Waals surface area contributed by atoms with Gasteiger partial charge in [-0.05, 0) is 43.5 Å². The number of hydrogen-bond acceptors (Lipinski definition) is 3. The number of hydrogen-bond donors (Lipinski definition) is 2. The summed E-state index contributed by atoms with van der Waals surface area (Å²) >= 11 is 0. The largest absolute Gasteiger partial charge is 0.496 e. The lowest BCUT2D eigenvalue weighted by atomic mass is 10.1. The van der Waals surface area contributed by atoms with E-state index in [0.29, 0.717) is 6.04 Å². The maximum Gasteiger partial charge on any atom is 0.121 e. The van der Waals surface area contributed by atoms with Gasteiger partial charge in [0.05, 0.1) is 25.5 Å². The first-order chi connectivity index (χ1) is 9.26. The molecular weight excluding hydrogens is 238 g/mol. The fraction of sp³-hybridized carbons (Fsp3) is 0.400. The number of benzene rings is 1. The normalized spacial score (nSPS) is 14.6. The van der Waals surface area contributed by atoms with Crippen LogP contribution in [0.4, 0.5) is 0 Å². The summed E-state index contributed by atoms with van der Waals surface area (Å²) in [7, 11) is 1.69. The van der Waals surface area contributed by atoms with Gasteiger partial charge in [0.1, 0.15) is 11.6 Å². The molecule has 100 valence electrons. The molecule has 0 atom stereocenters. The number of aryl methyl sites for hydroxylation is 1. The molecule has 4 heteroatoms. The van der Waals surface area contributed by atoms with Crippen LogP contribution < -0.4 is 10.1 Å². The van der Waals surface area contributed by atoms with Crippen LogP contribution in [0.1, 0.15) is 24.2 Å². The van der Waals surface area contributed by atoms with Crippen molar-refractivity contribution in [3.8, 4) is 17.0 Å². The smallest absolute Gasteiger partial charge is 0.121 e. The molecule has 0 radical (unpaired) electrons. The molecule has 0 saturated heterocycles. The zero-order valence-corrected chi connectivity index (χ0v) is 11.4. The number of nitrogens with zero attached hydrogens (tertiary/aromatic N) is 1. The van der Waals surface area contributed by atoms with Crippen LogP contribution >= 0.6 is 0 Å². The number of aromatic nitrogens is 2. The molecule has 1 saturated carbocycles. The van der Waals surface area contributed by atoms with Crippen molar-refractivity contribution in [1.82, 2.24) is 15.3 Å². The minimum Gasteiger partial charge on any atom is -0.496 e. The van der Waals surface area contributed by atoms with Crippen LogP contribution in [-0.2, 0) is 6.54 Å². The van der Waals surface area contributed by atoms with Gasteiger partial charge in [0.25, 0.3) is 0 Å². The Labute approximate surface area is 113 Å². The Hall–Kier alpha value is -1.81. The highest BCUT2D eigenvalue weighted by Gasteiger charge is 2.20. The van der Waals surface area contributed by atoms with Crippen LogP contribution in [0.5, 0.6) is 5.75 Å². The first kappa shape index (κ1) is 12.2. The van der Waals surface area contributed by atoms with Crippen LogP contribution in [0.25, 0.3) is 11.3 Å². The van der Waals surface area contributed by atoms with Crippen LogP contribution in [0, 0.1) is 6.92 Å². The van der Waals surface area contributed by atoms with Crippen LogP contribution in [0.15, 0.2) is 24.4 Å². The molecule has 1 aromatic carbocycles. The van der Waals surface area contributed by atoms with E-state index in [1.165, 1.54) is 12.8 Å². The Morgan fingerprint density at radius 3 is 2.95 bits per heavy atom. The number of aromatic amines is 1. The van der Waals surface area contributed by atoms with E-state index in [4.69, 9.17) is 4.74 Å². The highest BCUT2D eigenvalue weighted by molar-refractivity contribution is 5.61. The van der Waals surface area contributed by atoms with Crippen molar-refractivity contribution >= 4 is 0 Å². The number of ether oxygens (including phenoxy) is 1. The lowest BCUT2D eigenvalue weighted by molar-refractivity contribution is 0.412. The SMILES string of the molecule is COc1ccc(-c2cnc(CNC3CC3)[nH]2)cc1C. The first-order valence-electron chi connectivity index (χ1n) is 6.68. The Morgan fingerprint density at radius 1 is 1.42 bits per heavy atom. The summed E-state index contributed by atoms with van der Waals surface area (Å²) < 4.78 is 5.28. The molecule has 3 rings (SSSR count). The van der Waals surface area contributed by atoms with Crippen molar-refractivity contribution in [2.45, 2.75) is 32.4 Å². The van der Waals surface area contributed by atoms with Gasteiger partial charge in [0, 0.05) is 11.6 Å². The molecule has 19 heavy (non-hydrogen) atoms. The number of methoxy groups -OCH3 is 1. The van der Waals surface area contributed by atoms with Crippen LogP contribution in [0.2, 0.25) is 0 Å². The fourth-order valence-corrected chi connectivity index (χ4v) is 2.17. The third-order valence-corrected chi connectivity index (χ3v) is 3.47. The lowest BCUT2D eigenvalue weighted by Gasteiger charge is -2.06. The van der Waals surface area contributed by atoms with Gasteiger partial charge in [-0.1, -0.05) is 0 Å². The molecule has 0 aliphatic heterocycles. The molecular formula is C15H19N3O. The predicted molar refractivity (Wildman–Crippen MR) is 75.2 cm³/mol. The Morgan fingerprint density at radius 2 is 2.26 bits per heavy atom. The molecule has 1 aliphatic rings. The summed E-state index contributed by atoms with van der Waals surface area (Å²) in [5, 5.41) is 3.45. The molecule has 0 bridgehead atoms. The maximum atomic E-state index is 5.28. The number of rotatable bonds is 5. The Kier molecular flexibility index (Phi) is 3.25. The summed E-state index contributed by atoms with van der Waals surface area (Å²) in [6.45, 7) is 2.87. The lowest BCUT2D eigenvalue weighted by Crippen LogP contribution is -2.16. The standard InChI is InChI=1S/C15H19N3O/c1-10-7-11(3-6-14(10)19-2)13-8-17-15(18-13)9-16-12-4-5-12/h3,6-8,12,16H,4-5,9H2,1-2H3,(H,17,18).